The summed E-state index contributed by atoms with van der Waals surface area (Å²) in [7, 11) is 0. The van der Waals surface area contributed by atoms with Gasteiger partial charge in [0.2, 0.25) is 11.7 Å². The molecule has 0 amide bonds. The molecule has 0 saturated heterocycles. The third-order valence-electron chi connectivity index (χ3n) is 3.57. The lowest BCUT2D eigenvalue weighted by molar-refractivity contribution is 0.464. The van der Waals surface area contributed by atoms with Gasteiger partial charge in [-0.2, -0.15) is 4.98 Å². The molecule has 0 radical (unpaired) electrons. The Kier molecular flexibility index (Phi) is 3.42. The van der Waals surface area contributed by atoms with Crippen molar-refractivity contribution in [3.63, 3.8) is 0 Å². The van der Waals surface area contributed by atoms with Crippen LogP contribution in [0.15, 0.2) is 60.8 Å². The van der Waals surface area contributed by atoms with E-state index in [1.807, 2.05) is 42.5 Å². The zero-order chi connectivity index (χ0) is 16.5. The van der Waals surface area contributed by atoms with Gasteiger partial charge in [0, 0.05) is 6.20 Å². The van der Waals surface area contributed by atoms with Gasteiger partial charge >= 0.3 is 0 Å². The number of benzene rings is 1. The third kappa shape index (κ3) is 2.58. The van der Waals surface area contributed by atoms with E-state index in [9.17, 15) is 4.39 Å². The van der Waals surface area contributed by atoms with Gasteiger partial charge in [-0.15, -0.1) is 5.10 Å². The van der Waals surface area contributed by atoms with E-state index < -0.39 is 0 Å². The molecule has 0 aliphatic carbocycles. The Labute approximate surface area is 137 Å². The number of rotatable bonds is 3. The summed E-state index contributed by atoms with van der Waals surface area (Å²) in [6, 6.07) is 16.0. The molecule has 0 spiro atoms. The molecule has 0 unspecified atom stereocenters. The molecule has 0 aliphatic rings. The highest BCUT2D eigenvalue weighted by molar-refractivity contribution is 5.61. The summed E-state index contributed by atoms with van der Waals surface area (Å²) in [4.78, 5) is 8.68. The van der Waals surface area contributed by atoms with Crippen LogP contribution < -0.4 is 4.74 Å². The van der Waals surface area contributed by atoms with Gasteiger partial charge in [-0.25, -0.2) is 13.9 Å². The Bertz CT molecular complexity index is 1010. The van der Waals surface area contributed by atoms with Crippen molar-refractivity contribution in [2.45, 2.75) is 6.92 Å². The largest absolute Gasteiger partial charge is 0.437 e. The summed E-state index contributed by atoms with van der Waals surface area (Å²) in [6.45, 7) is 1.61. The fourth-order valence-corrected chi connectivity index (χ4v) is 2.36. The van der Waals surface area contributed by atoms with Crippen molar-refractivity contribution in [1.82, 2.24) is 19.6 Å². The van der Waals surface area contributed by atoms with E-state index >= 15 is 0 Å². The lowest BCUT2D eigenvalue weighted by Gasteiger charge is -2.09. The van der Waals surface area contributed by atoms with Crippen LogP contribution in [-0.2, 0) is 0 Å². The number of aromatic nitrogens is 4. The van der Waals surface area contributed by atoms with E-state index in [-0.39, 0.29) is 5.82 Å². The summed E-state index contributed by atoms with van der Waals surface area (Å²) in [5.41, 5.74) is 1.53. The second kappa shape index (κ2) is 5.73. The number of halogens is 1. The minimum Gasteiger partial charge on any atom is -0.437 e. The molecule has 0 aliphatic heterocycles. The van der Waals surface area contributed by atoms with Gasteiger partial charge in [0.25, 0.3) is 0 Å². The van der Waals surface area contributed by atoms with Crippen molar-refractivity contribution in [2.75, 3.05) is 0 Å². The number of ether oxygens (including phenoxy) is 1. The zero-order valence-corrected chi connectivity index (χ0v) is 12.8. The average Bonchev–Trinajstić information content (AvgIpc) is 3.07. The maximum absolute atomic E-state index is 13.5. The number of hydrogen-bond donors (Lipinski definition) is 0. The first-order chi connectivity index (χ1) is 11.7. The van der Waals surface area contributed by atoms with Gasteiger partial charge in [-0.05, 0) is 43.3 Å². The van der Waals surface area contributed by atoms with E-state index in [1.54, 1.807) is 23.7 Å². The number of nitrogens with zero attached hydrogens (tertiary/aromatic N) is 4. The van der Waals surface area contributed by atoms with Crippen LogP contribution in [0, 0.1) is 12.7 Å². The van der Waals surface area contributed by atoms with Gasteiger partial charge in [0.1, 0.15) is 22.8 Å². The molecule has 5 nitrogen and oxygen atoms in total. The predicted octanol–water partition coefficient (Wildman–Crippen LogP) is 4.03. The van der Waals surface area contributed by atoms with Crippen molar-refractivity contribution < 1.29 is 9.13 Å². The summed E-state index contributed by atoms with van der Waals surface area (Å²) in [5.74, 6) is 1.10. The first-order valence-corrected chi connectivity index (χ1v) is 7.42. The minimum atomic E-state index is -0.360. The molecule has 0 fully saturated rings. The number of pyridine rings is 1. The smallest absolute Gasteiger partial charge is 0.247 e. The van der Waals surface area contributed by atoms with Crippen LogP contribution in [0.3, 0.4) is 0 Å². The molecule has 24 heavy (non-hydrogen) atoms. The van der Waals surface area contributed by atoms with Crippen molar-refractivity contribution in [1.29, 1.82) is 0 Å². The second-order valence-electron chi connectivity index (χ2n) is 5.26. The van der Waals surface area contributed by atoms with Crippen molar-refractivity contribution in [2.24, 2.45) is 0 Å². The minimum absolute atomic E-state index is 0.300. The van der Waals surface area contributed by atoms with E-state index in [1.165, 1.54) is 6.07 Å². The summed E-state index contributed by atoms with van der Waals surface area (Å²) in [6.07, 6.45) is 1.80. The van der Waals surface area contributed by atoms with Crippen LogP contribution in [0.1, 0.15) is 5.69 Å². The van der Waals surface area contributed by atoms with Crippen molar-refractivity contribution in [3.05, 3.63) is 72.3 Å². The Morgan fingerprint density at radius 3 is 2.58 bits per heavy atom. The molecule has 0 atom stereocenters. The van der Waals surface area contributed by atoms with E-state index in [0.717, 1.165) is 5.52 Å². The van der Waals surface area contributed by atoms with Gasteiger partial charge in [0.05, 0.1) is 5.69 Å². The van der Waals surface area contributed by atoms with Crippen LogP contribution in [-0.4, -0.2) is 19.6 Å². The average molecular weight is 320 g/mol. The molecule has 1 aromatic carbocycles. The number of fused-ring (bicyclic) bond motifs is 1. The number of para-hydroxylation sites is 1. The second-order valence-corrected chi connectivity index (χ2v) is 5.26. The molecular weight excluding hydrogens is 307 g/mol. The maximum Gasteiger partial charge on any atom is 0.247 e. The monoisotopic (exact) mass is 320 g/mol. The SMILES string of the molecule is Cc1nc(-c2nc(Oc3ccccc3)c3cccn3n2)ccc1F. The number of hydrogen-bond acceptors (Lipinski definition) is 4. The number of aryl methyl sites for hydroxylation is 1. The Morgan fingerprint density at radius 1 is 0.958 bits per heavy atom. The van der Waals surface area contributed by atoms with Crippen LogP contribution in [0.4, 0.5) is 4.39 Å². The van der Waals surface area contributed by atoms with Crippen LogP contribution >= 0.6 is 0 Å². The molecule has 118 valence electrons. The van der Waals surface area contributed by atoms with E-state index in [2.05, 4.69) is 15.1 Å². The first kappa shape index (κ1) is 14.3. The van der Waals surface area contributed by atoms with Gasteiger partial charge < -0.3 is 4.74 Å². The molecule has 3 aromatic heterocycles. The Hall–Kier alpha value is -3.28. The normalized spacial score (nSPS) is 10.9. The summed E-state index contributed by atoms with van der Waals surface area (Å²) in [5, 5.41) is 4.42. The predicted molar refractivity (Wildman–Crippen MR) is 87.4 cm³/mol. The molecule has 0 saturated carbocycles. The van der Waals surface area contributed by atoms with E-state index in [4.69, 9.17) is 4.74 Å². The Morgan fingerprint density at radius 2 is 1.79 bits per heavy atom. The summed E-state index contributed by atoms with van der Waals surface area (Å²) >= 11 is 0. The molecule has 6 heteroatoms. The van der Waals surface area contributed by atoms with Crippen molar-refractivity contribution >= 4 is 5.52 Å². The molecule has 3 heterocycles. The highest BCUT2D eigenvalue weighted by atomic mass is 19.1. The lowest BCUT2D eigenvalue weighted by atomic mass is 10.3. The molecular formula is C18H13FN4O. The topological polar surface area (TPSA) is 52.3 Å². The summed E-state index contributed by atoms with van der Waals surface area (Å²) < 4.78 is 21.0. The molecule has 4 aromatic rings. The zero-order valence-electron chi connectivity index (χ0n) is 12.8. The van der Waals surface area contributed by atoms with Crippen LogP contribution in [0.5, 0.6) is 11.6 Å². The fraction of sp³-hybridized carbons (Fsp3) is 0.0556. The quantitative estimate of drug-likeness (QED) is 0.572. The first-order valence-electron chi connectivity index (χ1n) is 7.42. The third-order valence-corrected chi connectivity index (χ3v) is 3.57. The van der Waals surface area contributed by atoms with E-state index in [0.29, 0.717) is 28.8 Å². The highest BCUT2D eigenvalue weighted by Gasteiger charge is 2.13. The lowest BCUT2D eigenvalue weighted by Crippen LogP contribution is -2.02. The maximum atomic E-state index is 13.5. The van der Waals surface area contributed by atoms with Gasteiger partial charge in [-0.3, -0.25) is 0 Å². The Balaban J connectivity index is 1.84. The molecule has 4 rings (SSSR count). The van der Waals surface area contributed by atoms with Crippen LogP contribution in [0.25, 0.3) is 17.0 Å². The molecule has 0 N–H and O–H groups in total. The highest BCUT2D eigenvalue weighted by Crippen LogP contribution is 2.26. The van der Waals surface area contributed by atoms with Gasteiger partial charge in [0.15, 0.2) is 0 Å². The fourth-order valence-electron chi connectivity index (χ4n) is 2.36. The van der Waals surface area contributed by atoms with Crippen LogP contribution in [0.2, 0.25) is 0 Å². The van der Waals surface area contributed by atoms with Crippen molar-refractivity contribution in [3.8, 4) is 23.1 Å². The standard InChI is InChI=1S/C18H13FN4O/c1-12-14(19)9-10-15(20-12)17-21-18(16-8-5-11-23(16)22-17)24-13-6-3-2-4-7-13/h2-11H,1H3. The molecule has 0 bridgehead atoms. The van der Waals surface area contributed by atoms with Gasteiger partial charge in [-0.1, -0.05) is 18.2 Å².